The summed E-state index contributed by atoms with van der Waals surface area (Å²) in [6.45, 7) is 2.56. The van der Waals surface area contributed by atoms with E-state index in [2.05, 4.69) is 31.9 Å². The summed E-state index contributed by atoms with van der Waals surface area (Å²) in [5.41, 5.74) is 0. The van der Waals surface area contributed by atoms with E-state index < -0.39 is 4.51 Å². The van der Waals surface area contributed by atoms with Gasteiger partial charge in [0.25, 0.3) is 0 Å². The minimum atomic E-state index is -0.461. The molecule has 0 aromatic heterocycles. The Morgan fingerprint density at radius 3 is 3.00 bits per heavy atom. The van der Waals surface area contributed by atoms with Gasteiger partial charge in [-0.25, -0.2) is 0 Å². The van der Waals surface area contributed by atoms with Crippen molar-refractivity contribution in [3.05, 3.63) is 0 Å². The number of ether oxygens (including phenoxy) is 1. The molecule has 0 N–H and O–H groups in total. The van der Waals surface area contributed by atoms with E-state index in [0.717, 1.165) is 12.8 Å². The van der Waals surface area contributed by atoms with E-state index >= 15 is 0 Å². The monoisotopic (exact) mass is 298 g/mol. The number of carbonyl (C=O) groups is 1. The molecule has 0 heterocycles. The molecule has 1 rings (SSSR count). The van der Waals surface area contributed by atoms with Gasteiger partial charge in [0.1, 0.15) is 15.1 Å². The predicted octanol–water partition coefficient (Wildman–Crippen LogP) is 2.63. The van der Waals surface area contributed by atoms with Crippen LogP contribution in [0.25, 0.3) is 0 Å². The van der Waals surface area contributed by atoms with Gasteiger partial charge < -0.3 is 4.74 Å². The molecule has 4 heteroatoms. The first-order valence-corrected chi connectivity index (χ1v) is 5.80. The lowest BCUT2D eigenvalue weighted by molar-refractivity contribution is -0.124. The van der Waals surface area contributed by atoms with Gasteiger partial charge in [-0.3, -0.25) is 4.79 Å². The smallest absolute Gasteiger partial charge is 0.150 e. The second kappa shape index (κ2) is 4.20. The molecule has 0 bridgehead atoms. The normalized spacial score (nSPS) is 36.9. The SMILES string of the molecule is CCOC1(Br)CCCC(=O)C1Br. The average molecular weight is 300 g/mol. The van der Waals surface area contributed by atoms with Crippen molar-refractivity contribution in [2.45, 2.75) is 35.5 Å². The fraction of sp³-hybridized carbons (Fsp3) is 0.875. The van der Waals surface area contributed by atoms with E-state index in [1.807, 2.05) is 6.92 Å². The largest absolute Gasteiger partial charge is 0.362 e. The number of hydrogen-bond acceptors (Lipinski definition) is 2. The van der Waals surface area contributed by atoms with Crippen molar-refractivity contribution in [1.29, 1.82) is 0 Å². The van der Waals surface area contributed by atoms with Crippen LogP contribution in [0.1, 0.15) is 26.2 Å². The minimum Gasteiger partial charge on any atom is -0.362 e. The van der Waals surface area contributed by atoms with Gasteiger partial charge in [0.2, 0.25) is 0 Å². The van der Waals surface area contributed by atoms with Gasteiger partial charge in [-0.15, -0.1) is 0 Å². The Morgan fingerprint density at radius 1 is 1.75 bits per heavy atom. The first-order chi connectivity index (χ1) is 5.60. The highest BCUT2D eigenvalue weighted by atomic mass is 79.9. The molecular formula is C8H12Br2O2. The molecule has 0 aromatic rings. The van der Waals surface area contributed by atoms with Crippen LogP contribution in [0.4, 0.5) is 0 Å². The van der Waals surface area contributed by atoms with Crippen molar-refractivity contribution in [3.63, 3.8) is 0 Å². The van der Waals surface area contributed by atoms with Crippen LogP contribution < -0.4 is 0 Å². The maximum atomic E-state index is 11.3. The Hall–Kier alpha value is 0.590. The van der Waals surface area contributed by atoms with Crippen molar-refractivity contribution >= 4 is 37.6 Å². The number of hydrogen-bond donors (Lipinski definition) is 0. The van der Waals surface area contributed by atoms with E-state index in [1.165, 1.54) is 0 Å². The zero-order valence-electron chi connectivity index (χ0n) is 6.98. The molecule has 2 unspecified atom stereocenters. The molecule has 0 aromatic carbocycles. The molecule has 1 aliphatic carbocycles. The molecule has 0 amide bonds. The minimum absolute atomic E-state index is 0.196. The molecule has 1 fully saturated rings. The molecule has 0 saturated heterocycles. The summed E-state index contributed by atoms with van der Waals surface area (Å²) in [5.74, 6) is 0.228. The summed E-state index contributed by atoms with van der Waals surface area (Å²) in [6, 6.07) is 0. The van der Waals surface area contributed by atoms with Crippen LogP contribution in [0.3, 0.4) is 0 Å². The highest BCUT2D eigenvalue weighted by Gasteiger charge is 2.42. The Morgan fingerprint density at radius 2 is 2.42 bits per heavy atom. The topological polar surface area (TPSA) is 26.3 Å². The fourth-order valence-corrected chi connectivity index (χ4v) is 2.74. The molecule has 70 valence electrons. The standard InChI is InChI=1S/C8H12Br2O2/c1-2-12-8(10)5-3-4-6(11)7(8)9/h7H,2-5H2,1H3. The van der Waals surface area contributed by atoms with Crippen molar-refractivity contribution < 1.29 is 9.53 Å². The van der Waals surface area contributed by atoms with Gasteiger partial charge >= 0.3 is 0 Å². The van der Waals surface area contributed by atoms with Crippen molar-refractivity contribution in [2.24, 2.45) is 0 Å². The summed E-state index contributed by atoms with van der Waals surface area (Å²) in [7, 11) is 0. The summed E-state index contributed by atoms with van der Waals surface area (Å²) in [5, 5.41) is 0. The van der Waals surface area contributed by atoms with Crippen LogP contribution in [-0.2, 0) is 9.53 Å². The van der Waals surface area contributed by atoms with Crippen molar-refractivity contribution in [1.82, 2.24) is 0 Å². The molecular weight excluding hydrogens is 288 g/mol. The summed E-state index contributed by atoms with van der Waals surface area (Å²) >= 11 is 6.83. The van der Waals surface area contributed by atoms with E-state index in [-0.39, 0.29) is 10.6 Å². The zero-order valence-corrected chi connectivity index (χ0v) is 10.2. The lowest BCUT2D eigenvalue weighted by Crippen LogP contribution is -2.43. The van der Waals surface area contributed by atoms with Crippen LogP contribution in [0.15, 0.2) is 0 Å². The Kier molecular flexibility index (Phi) is 3.74. The molecule has 0 aliphatic heterocycles. The molecule has 1 aliphatic rings. The van der Waals surface area contributed by atoms with Crippen molar-refractivity contribution in [3.8, 4) is 0 Å². The van der Waals surface area contributed by atoms with Gasteiger partial charge in [-0.05, 0) is 19.8 Å². The molecule has 2 nitrogen and oxygen atoms in total. The number of carbonyl (C=O) groups excluding carboxylic acids is 1. The van der Waals surface area contributed by atoms with Gasteiger partial charge in [-0.2, -0.15) is 0 Å². The average Bonchev–Trinajstić information content (AvgIpc) is 2.01. The second-order valence-electron chi connectivity index (χ2n) is 2.90. The third-order valence-electron chi connectivity index (χ3n) is 1.99. The molecule has 0 spiro atoms. The van der Waals surface area contributed by atoms with Crippen molar-refractivity contribution in [2.75, 3.05) is 6.61 Å². The number of Topliss-reactive ketones (excluding diaryl/α,β-unsaturated/α-hetero) is 1. The van der Waals surface area contributed by atoms with E-state index in [9.17, 15) is 4.79 Å². The van der Waals surface area contributed by atoms with Crippen LogP contribution in [0.2, 0.25) is 0 Å². The maximum Gasteiger partial charge on any atom is 0.150 e. The predicted molar refractivity (Wildman–Crippen MR) is 54.9 cm³/mol. The highest BCUT2D eigenvalue weighted by Crippen LogP contribution is 2.39. The van der Waals surface area contributed by atoms with E-state index in [0.29, 0.717) is 13.0 Å². The Balaban J connectivity index is 2.67. The van der Waals surface area contributed by atoms with Crippen LogP contribution in [0.5, 0.6) is 0 Å². The third-order valence-corrected chi connectivity index (χ3v) is 4.93. The lowest BCUT2D eigenvalue weighted by Gasteiger charge is -2.34. The first kappa shape index (κ1) is 10.7. The van der Waals surface area contributed by atoms with E-state index in [1.54, 1.807) is 0 Å². The highest BCUT2D eigenvalue weighted by molar-refractivity contribution is 9.12. The summed E-state index contributed by atoms with van der Waals surface area (Å²) in [4.78, 5) is 11.1. The molecule has 1 saturated carbocycles. The lowest BCUT2D eigenvalue weighted by atomic mass is 9.96. The first-order valence-electron chi connectivity index (χ1n) is 4.10. The van der Waals surface area contributed by atoms with Gasteiger partial charge in [0.15, 0.2) is 0 Å². The second-order valence-corrected chi connectivity index (χ2v) is 5.16. The zero-order chi connectivity index (χ0) is 9.19. The van der Waals surface area contributed by atoms with Crippen LogP contribution in [-0.4, -0.2) is 21.7 Å². The molecule has 2 atom stereocenters. The Labute approximate surface area is 89.3 Å². The van der Waals surface area contributed by atoms with Gasteiger partial charge in [0, 0.05) is 13.0 Å². The van der Waals surface area contributed by atoms with Gasteiger partial charge in [-0.1, -0.05) is 31.9 Å². The molecule has 12 heavy (non-hydrogen) atoms. The van der Waals surface area contributed by atoms with Crippen LogP contribution >= 0.6 is 31.9 Å². The number of rotatable bonds is 2. The Bertz CT molecular complexity index is 180. The fourth-order valence-electron chi connectivity index (χ4n) is 1.38. The third kappa shape index (κ3) is 2.09. The maximum absolute atomic E-state index is 11.3. The number of alkyl halides is 2. The number of ketones is 1. The summed E-state index contributed by atoms with van der Waals surface area (Å²) < 4.78 is 5.04. The van der Waals surface area contributed by atoms with E-state index in [4.69, 9.17) is 4.74 Å². The molecule has 0 radical (unpaired) electrons. The quantitative estimate of drug-likeness (QED) is 0.733. The van der Waals surface area contributed by atoms with Gasteiger partial charge in [0.05, 0.1) is 0 Å². The number of halogens is 2. The summed E-state index contributed by atoms with van der Waals surface area (Å²) in [6.07, 6.45) is 2.46. The van der Waals surface area contributed by atoms with Crippen LogP contribution in [0, 0.1) is 0 Å².